The third kappa shape index (κ3) is 3.72. The van der Waals surface area contributed by atoms with Crippen LogP contribution in [0, 0.1) is 39.0 Å². The molecule has 0 aliphatic heterocycles. The van der Waals surface area contributed by atoms with Crippen LogP contribution in [0.15, 0.2) is 22.6 Å². The van der Waals surface area contributed by atoms with E-state index in [0.29, 0.717) is 22.5 Å². The van der Waals surface area contributed by atoms with Gasteiger partial charge in [-0.3, -0.25) is 14.9 Å². The van der Waals surface area contributed by atoms with Crippen molar-refractivity contribution in [3.05, 3.63) is 51.8 Å². The quantitative estimate of drug-likeness (QED) is 0.843. The van der Waals surface area contributed by atoms with Crippen molar-refractivity contribution >= 4 is 17.6 Å². The molecule has 0 aliphatic rings. The van der Waals surface area contributed by atoms with Crippen molar-refractivity contribution in [2.45, 2.75) is 40.5 Å². The molecule has 2 aromatic rings. The van der Waals surface area contributed by atoms with E-state index in [1.165, 1.54) is 0 Å². The smallest absolute Gasteiger partial charge is 0.227 e. The molecule has 124 valence electrons. The van der Waals surface area contributed by atoms with E-state index in [1.807, 2.05) is 32.0 Å². The summed E-state index contributed by atoms with van der Waals surface area (Å²) in [7, 11) is 0. The average molecular weight is 324 g/mol. The third-order valence-corrected chi connectivity index (χ3v) is 4.16. The van der Waals surface area contributed by atoms with E-state index < -0.39 is 0 Å². The fourth-order valence-electron chi connectivity index (χ4n) is 2.33. The number of furan rings is 1. The summed E-state index contributed by atoms with van der Waals surface area (Å²) in [5.41, 5.74) is 3.80. The number of nitrogens with zero attached hydrogens (tertiary/aromatic N) is 1. The zero-order valence-corrected chi connectivity index (χ0v) is 14.3. The zero-order valence-electron chi connectivity index (χ0n) is 14.3. The Hall–Kier alpha value is -2.87. The molecule has 1 amide bonds. The number of nitrogens with one attached hydrogen (secondary N) is 1. The molecule has 0 saturated heterocycles. The van der Waals surface area contributed by atoms with E-state index in [-0.39, 0.29) is 30.4 Å². The lowest BCUT2D eigenvalue weighted by molar-refractivity contribution is -0.116. The van der Waals surface area contributed by atoms with Gasteiger partial charge in [0.2, 0.25) is 11.8 Å². The molecule has 5 nitrogen and oxygen atoms in total. The van der Waals surface area contributed by atoms with Gasteiger partial charge in [-0.15, -0.1) is 0 Å². The van der Waals surface area contributed by atoms with E-state index in [0.717, 1.165) is 11.1 Å². The Bertz CT molecular complexity index is 841. The largest absolute Gasteiger partial charge is 0.444 e. The fraction of sp³-hybridized carbons (Fsp3) is 0.316. The second-order valence-corrected chi connectivity index (χ2v) is 5.87. The van der Waals surface area contributed by atoms with Crippen LogP contribution in [0.3, 0.4) is 0 Å². The van der Waals surface area contributed by atoms with Crippen LogP contribution < -0.4 is 5.32 Å². The maximum Gasteiger partial charge on any atom is 0.227 e. The molecule has 1 heterocycles. The molecule has 24 heavy (non-hydrogen) atoms. The number of rotatable bonds is 5. The van der Waals surface area contributed by atoms with Gasteiger partial charge in [0, 0.05) is 24.0 Å². The molecule has 1 aromatic heterocycles. The summed E-state index contributed by atoms with van der Waals surface area (Å²) < 4.78 is 5.39. The molecular formula is C19H20N2O3. The Balaban J connectivity index is 1.98. The Kier molecular flexibility index (Phi) is 5.20. The first-order chi connectivity index (χ1) is 11.3. The van der Waals surface area contributed by atoms with Gasteiger partial charge in [-0.05, 0) is 44.9 Å². The molecule has 0 spiro atoms. The number of anilines is 1. The number of hydrogen-bond acceptors (Lipinski definition) is 4. The number of nitriles is 1. The Labute approximate surface area is 141 Å². The van der Waals surface area contributed by atoms with Gasteiger partial charge >= 0.3 is 0 Å². The van der Waals surface area contributed by atoms with E-state index >= 15 is 0 Å². The minimum Gasteiger partial charge on any atom is -0.444 e. The molecule has 0 fully saturated rings. The maximum absolute atomic E-state index is 12.2. The van der Waals surface area contributed by atoms with E-state index in [1.54, 1.807) is 19.9 Å². The van der Waals surface area contributed by atoms with Gasteiger partial charge in [0.15, 0.2) is 5.78 Å². The lowest BCUT2D eigenvalue weighted by Crippen LogP contribution is -2.14. The minimum absolute atomic E-state index is 0.0371. The van der Waals surface area contributed by atoms with Crippen LogP contribution in [0.5, 0.6) is 0 Å². The molecule has 5 heteroatoms. The van der Waals surface area contributed by atoms with Gasteiger partial charge in [-0.1, -0.05) is 12.1 Å². The highest BCUT2D eigenvalue weighted by Gasteiger charge is 2.17. The molecule has 0 aliphatic carbocycles. The van der Waals surface area contributed by atoms with Gasteiger partial charge in [-0.25, -0.2) is 0 Å². The summed E-state index contributed by atoms with van der Waals surface area (Å²) in [4.78, 5) is 24.2. The van der Waals surface area contributed by atoms with Gasteiger partial charge in [0.25, 0.3) is 0 Å². The highest BCUT2D eigenvalue weighted by atomic mass is 16.4. The van der Waals surface area contributed by atoms with Gasteiger partial charge in [0.1, 0.15) is 17.4 Å². The molecule has 2 rings (SSSR count). The summed E-state index contributed by atoms with van der Waals surface area (Å²) in [6, 6.07) is 7.53. The predicted octanol–water partition coefficient (Wildman–Crippen LogP) is 3.99. The third-order valence-electron chi connectivity index (χ3n) is 4.16. The predicted molar refractivity (Wildman–Crippen MR) is 91.0 cm³/mol. The van der Waals surface area contributed by atoms with Crippen LogP contribution >= 0.6 is 0 Å². The highest BCUT2D eigenvalue weighted by molar-refractivity contribution is 6.00. The number of carbonyl (C=O) groups is 2. The van der Waals surface area contributed by atoms with E-state index in [9.17, 15) is 9.59 Å². The molecule has 0 radical (unpaired) electrons. The van der Waals surface area contributed by atoms with Crippen LogP contribution in [0.4, 0.5) is 5.88 Å². The lowest BCUT2D eigenvalue weighted by atomic mass is 10.0. The van der Waals surface area contributed by atoms with Crippen LogP contribution in [-0.4, -0.2) is 11.7 Å². The first kappa shape index (κ1) is 17.5. The van der Waals surface area contributed by atoms with Crippen LogP contribution in [0.25, 0.3) is 0 Å². The van der Waals surface area contributed by atoms with Crippen LogP contribution in [-0.2, 0) is 4.79 Å². The second kappa shape index (κ2) is 7.14. The summed E-state index contributed by atoms with van der Waals surface area (Å²) in [6.45, 7) is 7.42. The minimum atomic E-state index is -0.350. The number of Topliss-reactive ketones (excluding diaryl/α,β-unsaturated/α-hetero) is 1. The summed E-state index contributed by atoms with van der Waals surface area (Å²) in [5.74, 6) is 0.308. The highest BCUT2D eigenvalue weighted by Crippen LogP contribution is 2.25. The normalized spacial score (nSPS) is 10.3. The van der Waals surface area contributed by atoms with Gasteiger partial charge in [-0.2, -0.15) is 5.26 Å². The molecular weight excluding hydrogens is 304 g/mol. The fourth-order valence-corrected chi connectivity index (χ4v) is 2.33. The number of hydrogen-bond donors (Lipinski definition) is 1. The molecule has 0 unspecified atom stereocenters. The molecule has 0 bridgehead atoms. The monoisotopic (exact) mass is 324 g/mol. The van der Waals surface area contributed by atoms with Crippen molar-refractivity contribution in [2.24, 2.45) is 0 Å². The average Bonchev–Trinajstić information content (AvgIpc) is 2.81. The summed E-state index contributed by atoms with van der Waals surface area (Å²) in [5, 5.41) is 11.7. The number of benzene rings is 1. The van der Waals surface area contributed by atoms with E-state index in [2.05, 4.69) is 5.32 Å². The maximum atomic E-state index is 12.2. The zero-order chi connectivity index (χ0) is 17.9. The summed E-state index contributed by atoms with van der Waals surface area (Å²) in [6.07, 6.45) is 0.143. The first-order valence-corrected chi connectivity index (χ1v) is 7.74. The van der Waals surface area contributed by atoms with E-state index in [4.69, 9.17) is 9.68 Å². The topological polar surface area (TPSA) is 83.1 Å². The SMILES string of the molecule is Cc1ccc(C(=O)CCC(=O)Nc2oc(C)c(C)c2C#N)cc1C. The van der Waals surface area contributed by atoms with Crippen molar-refractivity contribution in [1.82, 2.24) is 0 Å². The van der Waals surface area contributed by atoms with Crippen molar-refractivity contribution in [1.29, 1.82) is 5.26 Å². The number of aryl methyl sites for hydroxylation is 3. The lowest BCUT2D eigenvalue weighted by Gasteiger charge is -2.05. The number of amides is 1. The molecule has 0 saturated carbocycles. The first-order valence-electron chi connectivity index (χ1n) is 7.74. The van der Waals surface area contributed by atoms with Crippen molar-refractivity contribution in [3.8, 4) is 6.07 Å². The standard InChI is InChI=1S/C19H20N2O3/c1-11-5-6-15(9-12(11)2)17(22)7-8-18(23)21-19-16(10-20)13(3)14(4)24-19/h5-6,9H,7-8H2,1-4H3,(H,21,23). The van der Waals surface area contributed by atoms with Crippen LogP contribution in [0.1, 0.15) is 51.2 Å². The summed E-state index contributed by atoms with van der Waals surface area (Å²) >= 11 is 0. The van der Waals surface area contributed by atoms with Gasteiger partial charge in [0.05, 0.1) is 0 Å². The van der Waals surface area contributed by atoms with Crippen molar-refractivity contribution in [2.75, 3.05) is 5.32 Å². The Morgan fingerprint density at radius 2 is 1.83 bits per heavy atom. The Morgan fingerprint density at radius 3 is 2.46 bits per heavy atom. The molecule has 0 atom stereocenters. The number of carbonyl (C=O) groups excluding carboxylic acids is 2. The molecule has 1 N–H and O–H groups in total. The van der Waals surface area contributed by atoms with Crippen molar-refractivity contribution in [3.63, 3.8) is 0 Å². The number of ketones is 1. The van der Waals surface area contributed by atoms with Crippen LogP contribution in [0.2, 0.25) is 0 Å². The van der Waals surface area contributed by atoms with Crippen molar-refractivity contribution < 1.29 is 14.0 Å². The van der Waals surface area contributed by atoms with Gasteiger partial charge < -0.3 is 4.42 Å². The second-order valence-electron chi connectivity index (χ2n) is 5.87. The molecule has 1 aromatic carbocycles. The Morgan fingerprint density at radius 1 is 1.12 bits per heavy atom.